The van der Waals surface area contributed by atoms with Crippen LogP contribution in [0.4, 0.5) is 5.69 Å². The monoisotopic (exact) mass is 371 g/mol. The third-order valence-corrected chi connectivity index (χ3v) is 4.88. The molecule has 2 rings (SSSR count). The number of sulfonamides is 1. The summed E-state index contributed by atoms with van der Waals surface area (Å²) in [6, 6.07) is 10.4. The maximum absolute atomic E-state index is 12.3. The Bertz CT molecular complexity index is 797. The van der Waals surface area contributed by atoms with E-state index in [0.717, 1.165) is 6.42 Å². The minimum absolute atomic E-state index is 0.0267. The molecule has 1 N–H and O–H groups in total. The summed E-state index contributed by atoms with van der Waals surface area (Å²) < 4.78 is 27.1. The van der Waals surface area contributed by atoms with Gasteiger partial charge in [0.25, 0.3) is 10.0 Å². The number of benzene rings is 2. The highest BCUT2D eigenvalue weighted by Crippen LogP contribution is 2.24. The number of anilines is 1. The van der Waals surface area contributed by atoms with Gasteiger partial charge in [0.2, 0.25) is 0 Å². The molecule has 0 heterocycles. The fourth-order valence-electron chi connectivity index (χ4n) is 1.99. The fourth-order valence-corrected chi connectivity index (χ4v) is 3.78. The first-order chi connectivity index (χ1) is 10.8. The van der Waals surface area contributed by atoms with Gasteiger partial charge in [0.1, 0.15) is 0 Å². The second-order valence-electron chi connectivity index (χ2n) is 4.96. The average Bonchev–Trinajstić information content (AvgIpc) is 2.47. The largest absolute Gasteiger partial charge is 0.294 e. The SMILES string of the molecule is CCCC(=O)c1ccc(NS(=O)(=O)c2cc(Cl)cc(Cl)c2)cc1. The Labute approximate surface area is 145 Å². The van der Waals surface area contributed by atoms with E-state index in [1.54, 1.807) is 24.3 Å². The molecule has 0 saturated carbocycles. The smallest absolute Gasteiger partial charge is 0.261 e. The topological polar surface area (TPSA) is 63.2 Å². The molecule has 0 spiro atoms. The van der Waals surface area contributed by atoms with Crippen LogP contribution >= 0.6 is 23.2 Å². The molecule has 0 atom stereocenters. The van der Waals surface area contributed by atoms with E-state index >= 15 is 0 Å². The number of nitrogens with one attached hydrogen (secondary N) is 1. The van der Waals surface area contributed by atoms with Crippen molar-refractivity contribution in [1.82, 2.24) is 0 Å². The molecule has 0 aliphatic rings. The summed E-state index contributed by atoms with van der Waals surface area (Å²) in [4.78, 5) is 11.7. The van der Waals surface area contributed by atoms with Crippen LogP contribution in [0.3, 0.4) is 0 Å². The molecular formula is C16H15Cl2NO3S. The fraction of sp³-hybridized carbons (Fsp3) is 0.188. The van der Waals surface area contributed by atoms with Crippen molar-refractivity contribution in [1.29, 1.82) is 0 Å². The van der Waals surface area contributed by atoms with Gasteiger partial charge in [0.15, 0.2) is 5.78 Å². The first kappa shape index (κ1) is 17.8. The first-order valence-electron chi connectivity index (χ1n) is 6.94. The van der Waals surface area contributed by atoms with Crippen LogP contribution in [-0.4, -0.2) is 14.2 Å². The van der Waals surface area contributed by atoms with Crippen molar-refractivity contribution < 1.29 is 13.2 Å². The summed E-state index contributed by atoms with van der Waals surface area (Å²) in [6.07, 6.45) is 1.23. The van der Waals surface area contributed by atoms with E-state index in [4.69, 9.17) is 23.2 Å². The van der Waals surface area contributed by atoms with Gasteiger partial charge in [-0.3, -0.25) is 9.52 Å². The Kier molecular flexibility index (Phi) is 5.68. The number of halogens is 2. The van der Waals surface area contributed by atoms with Crippen molar-refractivity contribution in [2.24, 2.45) is 0 Å². The van der Waals surface area contributed by atoms with E-state index in [2.05, 4.69) is 4.72 Å². The summed E-state index contributed by atoms with van der Waals surface area (Å²) in [5.74, 6) is 0.0310. The molecule has 7 heteroatoms. The van der Waals surface area contributed by atoms with Gasteiger partial charge in [0, 0.05) is 27.7 Å². The summed E-state index contributed by atoms with van der Waals surface area (Å²) in [5.41, 5.74) is 0.912. The average molecular weight is 372 g/mol. The van der Waals surface area contributed by atoms with Crippen molar-refractivity contribution in [3.05, 3.63) is 58.1 Å². The highest BCUT2D eigenvalue weighted by Gasteiger charge is 2.16. The van der Waals surface area contributed by atoms with E-state index in [0.29, 0.717) is 17.7 Å². The van der Waals surface area contributed by atoms with Crippen LogP contribution in [0.5, 0.6) is 0 Å². The van der Waals surface area contributed by atoms with Crippen LogP contribution in [-0.2, 0) is 10.0 Å². The second-order valence-corrected chi connectivity index (χ2v) is 7.52. The minimum atomic E-state index is -3.81. The normalized spacial score (nSPS) is 11.3. The van der Waals surface area contributed by atoms with Gasteiger partial charge >= 0.3 is 0 Å². The quantitative estimate of drug-likeness (QED) is 0.743. The Morgan fingerprint density at radius 2 is 1.61 bits per heavy atom. The molecule has 0 radical (unpaired) electrons. The van der Waals surface area contributed by atoms with E-state index in [1.165, 1.54) is 18.2 Å². The van der Waals surface area contributed by atoms with Crippen LogP contribution in [0.1, 0.15) is 30.1 Å². The zero-order valence-electron chi connectivity index (χ0n) is 12.3. The predicted octanol–water partition coefficient (Wildman–Crippen LogP) is 4.78. The molecule has 122 valence electrons. The molecule has 23 heavy (non-hydrogen) atoms. The molecular weight excluding hydrogens is 357 g/mol. The molecule has 0 aliphatic heterocycles. The van der Waals surface area contributed by atoms with Crippen molar-refractivity contribution in [2.45, 2.75) is 24.7 Å². The van der Waals surface area contributed by atoms with Crippen LogP contribution in [0.15, 0.2) is 47.4 Å². The Balaban J connectivity index is 2.22. The third kappa shape index (κ3) is 4.70. The van der Waals surface area contributed by atoms with E-state index in [1.807, 2.05) is 6.92 Å². The van der Waals surface area contributed by atoms with Gasteiger partial charge in [-0.05, 0) is 48.9 Å². The highest BCUT2D eigenvalue weighted by molar-refractivity contribution is 7.92. The molecule has 4 nitrogen and oxygen atoms in total. The van der Waals surface area contributed by atoms with E-state index in [-0.39, 0.29) is 20.7 Å². The van der Waals surface area contributed by atoms with Crippen molar-refractivity contribution in [3.8, 4) is 0 Å². The second kappa shape index (κ2) is 7.34. The van der Waals surface area contributed by atoms with Crippen LogP contribution < -0.4 is 4.72 Å². The number of hydrogen-bond donors (Lipinski definition) is 1. The Morgan fingerprint density at radius 1 is 1.04 bits per heavy atom. The summed E-state index contributed by atoms with van der Waals surface area (Å²) in [5, 5.41) is 0.469. The van der Waals surface area contributed by atoms with Crippen molar-refractivity contribution >= 4 is 44.7 Å². The lowest BCUT2D eigenvalue weighted by Gasteiger charge is -2.09. The van der Waals surface area contributed by atoms with E-state index < -0.39 is 10.0 Å². The summed E-state index contributed by atoms with van der Waals surface area (Å²) in [6.45, 7) is 1.93. The van der Waals surface area contributed by atoms with Crippen LogP contribution in [0.25, 0.3) is 0 Å². The first-order valence-corrected chi connectivity index (χ1v) is 9.18. The zero-order valence-corrected chi connectivity index (χ0v) is 14.7. The van der Waals surface area contributed by atoms with Crippen LogP contribution in [0, 0.1) is 0 Å². The third-order valence-electron chi connectivity index (χ3n) is 3.08. The van der Waals surface area contributed by atoms with Gasteiger partial charge in [-0.15, -0.1) is 0 Å². The lowest BCUT2D eigenvalue weighted by Crippen LogP contribution is -2.13. The molecule has 0 amide bonds. The standard InChI is InChI=1S/C16H15Cl2NO3S/c1-2-3-16(20)11-4-6-14(7-5-11)19-23(21,22)15-9-12(17)8-13(18)10-15/h4-10,19H,2-3H2,1H3. The van der Waals surface area contributed by atoms with Crippen molar-refractivity contribution in [2.75, 3.05) is 4.72 Å². The Morgan fingerprint density at radius 3 is 2.13 bits per heavy atom. The lowest BCUT2D eigenvalue weighted by molar-refractivity contribution is 0.0982. The predicted molar refractivity (Wildman–Crippen MR) is 93.0 cm³/mol. The van der Waals surface area contributed by atoms with Gasteiger partial charge in [-0.25, -0.2) is 8.42 Å². The van der Waals surface area contributed by atoms with Gasteiger partial charge in [-0.2, -0.15) is 0 Å². The molecule has 2 aromatic carbocycles. The van der Waals surface area contributed by atoms with E-state index in [9.17, 15) is 13.2 Å². The number of ketones is 1. The molecule has 0 bridgehead atoms. The number of rotatable bonds is 6. The summed E-state index contributed by atoms with van der Waals surface area (Å²) in [7, 11) is -3.81. The van der Waals surface area contributed by atoms with Crippen molar-refractivity contribution in [3.63, 3.8) is 0 Å². The molecule has 0 aliphatic carbocycles. The molecule has 2 aromatic rings. The molecule has 0 saturated heterocycles. The number of hydrogen-bond acceptors (Lipinski definition) is 3. The van der Waals surface area contributed by atoms with Gasteiger partial charge in [-0.1, -0.05) is 30.1 Å². The number of carbonyl (C=O) groups is 1. The molecule has 0 aromatic heterocycles. The van der Waals surface area contributed by atoms with Gasteiger partial charge < -0.3 is 0 Å². The summed E-state index contributed by atoms with van der Waals surface area (Å²) >= 11 is 11.7. The lowest BCUT2D eigenvalue weighted by atomic mass is 10.1. The number of Topliss-reactive ketones (excluding diaryl/α,β-unsaturated/α-hetero) is 1. The van der Waals surface area contributed by atoms with Crippen LogP contribution in [0.2, 0.25) is 10.0 Å². The minimum Gasteiger partial charge on any atom is -0.294 e. The highest BCUT2D eigenvalue weighted by atomic mass is 35.5. The van der Waals surface area contributed by atoms with Gasteiger partial charge in [0.05, 0.1) is 4.90 Å². The molecule has 0 fully saturated rings. The molecule has 0 unspecified atom stereocenters. The maximum Gasteiger partial charge on any atom is 0.261 e. The zero-order chi connectivity index (χ0) is 17.0. The maximum atomic E-state index is 12.3. The Hall–Kier alpha value is -1.56. The number of carbonyl (C=O) groups excluding carboxylic acids is 1.